The van der Waals surface area contributed by atoms with Gasteiger partial charge in [-0.1, -0.05) is 0 Å². The Balaban J connectivity index is 1.14. The van der Waals surface area contributed by atoms with Crippen molar-refractivity contribution in [2.45, 2.75) is 88.9 Å². The summed E-state index contributed by atoms with van der Waals surface area (Å²) in [5.74, 6) is -5.64. The quantitative estimate of drug-likeness (QED) is 0.325. The molecule has 48 heavy (non-hydrogen) atoms. The zero-order chi connectivity index (χ0) is 34.4. The highest BCUT2D eigenvalue weighted by Gasteiger charge is 2.41. The lowest BCUT2D eigenvalue weighted by Gasteiger charge is -2.38. The van der Waals surface area contributed by atoms with Crippen LogP contribution in [0, 0.1) is 11.6 Å². The van der Waals surface area contributed by atoms with Crippen molar-refractivity contribution in [3.05, 3.63) is 59.2 Å². The number of amides is 2. The number of hydrogen-bond donors (Lipinski definition) is 1. The van der Waals surface area contributed by atoms with Gasteiger partial charge in [-0.15, -0.1) is 0 Å². The number of alkyl carbamates (subject to hydrolysis) is 1. The molecule has 2 saturated heterocycles. The molecule has 2 aromatic heterocycles. The van der Waals surface area contributed by atoms with E-state index in [1.807, 2.05) is 4.90 Å². The van der Waals surface area contributed by atoms with Crippen molar-refractivity contribution >= 4 is 23.9 Å². The van der Waals surface area contributed by atoms with E-state index in [1.54, 1.807) is 30.6 Å². The Morgan fingerprint density at radius 2 is 1.62 bits per heavy atom. The van der Waals surface area contributed by atoms with Crippen LogP contribution in [0.4, 0.5) is 34.3 Å². The van der Waals surface area contributed by atoms with Crippen LogP contribution in [-0.4, -0.2) is 86.9 Å². The van der Waals surface area contributed by atoms with Gasteiger partial charge in [0, 0.05) is 63.5 Å². The molecule has 1 aliphatic carbocycles. The van der Waals surface area contributed by atoms with Gasteiger partial charge in [0.05, 0.1) is 11.6 Å². The molecule has 2 atom stereocenters. The Labute approximate surface area is 274 Å². The maximum absolute atomic E-state index is 14.9. The number of rotatable bonds is 8. The fourth-order valence-electron chi connectivity index (χ4n) is 6.28. The summed E-state index contributed by atoms with van der Waals surface area (Å²) in [4.78, 5) is 44.6. The zero-order valence-corrected chi connectivity index (χ0v) is 27.1. The molecular formula is C32H38F4N8O4. The predicted octanol–water partition coefficient (Wildman–Crippen LogP) is 5.02. The molecule has 0 radical (unpaired) electrons. The average molecular weight is 675 g/mol. The van der Waals surface area contributed by atoms with Crippen molar-refractivity contribution in [2.75, 3.05) is 36.0 Å². The first kappa shape index (κ1) is 33.4. The first-order valence-electron chi connectivity index (χ1n) is 16.0. The fourth-order valence-corrected chi connectivity index (χ4v) is 6.28. The van der Waals surface area contributed by atoms with E-state index in [-0.39, 0.29) is 48.5 Å². The SMILES string of the molecule is CC(C)(C)OC(=O)NC1CN(c2ncc(C(=O)N(C3CC3)C3CCN(c4noc(C(C)(F)F)n4)CC3)cn2)C[C@@H]1c1cc(F)ccc1F. The molecule has 258 valence electrons. The van der Waals surface area contributed by atoms with E-state index < -0.39 is 47.1 Å². The smallest absolute Gasteiger partial charge is 0.407 e. The molecule has 16 heteroatoms. The van der Waals surface area contributed by atoms with E-state index in [0.29, 0.717) is 38.4 Å². The monoisotopic (exact) mass is 674 g/mol. The molecule has 2 aliphatic heterocycles. The van der Waals surface area contributed by atoms with Gasteiger partial charge in [0.15, 0.2) is 0 Å². The number of hydrogen-bond acceptors (Lipinski definition) is 10. The first-order valence-corrected chi connectivity index (χ1v) is 16.0. The third-order valence-electron chi connectivity index (χ3n) is 8.65. The number of nitrogens with one attached hydrogen (secondary N) is 1. The second kappa shape index (κ2) is 12.8. The minimum atomic E-state index is -3.23. The summed E-state index contributed by atoms with van der Waals surface area (Å²) < 4.78 is 66.3. The summed E-state index contributed by atoms with van der Waals surface area (Å²) >= 11 is 0. The van der Waals surface area contributed by atoms with Gasteiger partial charge >= 0.3 is 12.0 Å². The molecular weight excluding hydrogens is 636 g/mol. The molecule has 1 aromatic carbocycles. The lowest BCUT2D eigenvalue weighted by Crippen LogP contribution is -2.48. The number of carbonyl (C=O) groups excluding carboxylic acids is 2. The van der Waals surface area contributed by atoms with Crippen LogP contribution in [0.15, 0.2) is 35.1 Å². The molecule has 0 bridgehead atoms. The highest BCUT2D eigenvalue weighted by Crippen LogP contribution is 2.35. The highest BCUT2D eigenvalue weighted by molar-refractivity contribution is 5.94. The van der Waals surface area contributed by atoms with Gasteiger partial charge in [0.25, 0.3) is 17.7 Å². The van der Waals surface area contributed by atoms with Crippen LogP contribution in [0.5, 0.6) is 0 Å². The van der Waals surface area contributed by atoms with Crippen LogP contribution in [0.2, 0.25) is 0 Å². The molecule has 12 nitrogen and oxygen atoms in total. The van der Waals surface area contributed by atoms with E-state index in [0.717, 1.165) is 31.0 Å². The second-order valence-corrected chi connectivity index (χ2v) is 13.7. The number of benzene rings is 1. The van der Waals surface area contributed by atoms with Crippen molar-refractivity contribution in [3.8, 4) is 0 Å². The Morgan fingerprint density at radius 3 is 2.23 bits per heavy atom. The maximum Gasteiger partial charge on any atom is 0.407 e. The predicted molar refractivity (Wildman–Crippen MR) is 165 cm³/mol. The van der Waals surface area contributed by atoms with Crippen LogP contribution in [0.1, 0.15) is 81.1 Å². The van der Waals surface area contributed by atoms with Crippen molar-refractivity contribution < 1.29 is 36.4 Å². The van der Waals surface area contributed by atoms with Crippen LogP contribution in [0.3, 0.4) is 0 Å². The summed E-state index contributed by atoms with van der Waals surface area (Å²) in [6, 6.07) is 2.57. The van der Waals surface area contributed by atoms with E-state index in [1.165, 1.54) is 12.4 Å². The van der Waals surface area contributed by atoms with Gasteiger partial charge < -0.3 is 29.3 Å². The first-order chi connectivity index (χ1) is 22.7. The maximum atomic E-state index is 14.9. The molecule has 1 saturated carbocycles. The summed E-state index contributed by atoms with van der Waals surface area (Å²) in [6.45, 7) is 7.18. The molecule has 1 unspecified atom stereocenters. The lowest BCUT2D eigenvalue weighted by molar-refractivity contribution is -0.0158. The van der Waals surface area contributed by atoms with E-state index in [4.69, 9.17) is 9.26 Å². The van der Waals surface area contributed by atoms with Crippen LogP contribution < -0.4 is 15.1 Å². The molecule has 4 heterocycles. The van der Waals surface area contributed by atoms with Crippen molar-refractivity contribution in [1.29, 1.82) is 0 Å². The Bertz CT molecular complexity index is 1630. The number of halogens is 4. The molecule has 3 aromatic rings. The van der Waals surface area contributed by atoms with Gasteiger partial charge in [-0.25, -0.2) is 23.5 Å². The van der Waals surface area contributed by atoms with Gasteiger partial charge in [0.2, 0.25) is 5.95 Å². The standard InChI is InChI=1S/C32H38F4N8O4/c1-31(2,3)47-30(46)39-25-17-43(16-23(25)22-13-19(33)5-8-24(22)34)28-37-14-18(15-38-28)26(45)44(20-6-7-20)21-9-11-42(12-10-21)29-40-27(48-41-29)32(4,35)36/h5,8,13-15,20-21,23,25H,6-7,9-12,16-17H2,1-4H3,(H,39,46)/t23-,25?/m1/s1. The van der Waals surface area contributed by atoms with Crippen molar-refractivity contribution in [1.82, 2.24) is 30.3 Å². The van der Waals surface area contributed by atoms with Crippen molar-refractivity contribution in [2.24, 2.45) is 0 Å². The van der Waals surface area contributed by atoms with Gasteiger partial charge in [-0.3, -0.25) is 4.79 Å². The third-order valence-corrected chi connectivity index (χ3v) is 8.65. The normalized spacial score (nSPS) is 20.6. The number of nitrogens with zero attached hydrogens (tertiary/aromatic N) is 7. The zero-order valence-electron chi connectivity index (χ0n) is 27.1. The Hall–Kier alpha value is -4.50. The minimum Gasteiger partial charge on any atom is -0.444 e. The Kier molecular flexibility index (Phi) is 8.94. The molecule has 0 spiro atoms. The molecule has 3 aliphatic rings. The van der Waals surface area contributed by atoms with Crippen LogP contribution >= 0.6 is 0 Å². The number of alkyl halides is 2. The largest absolute Gasteiger partial charge is 0.444 e. The summed E-state index contributed by atoms with van der Waals surface area (Å²) in [5.41, 5.74) is -0.345. The molecule has 1 N–H and O–H groups in total. The number of anilines is 2. The third kappa shape index (κ3) is 7.46. The number of carbonyl (C=O) groups is 2. The van der Waals surface area contributed by atoms with Gasteiger partial charge in [0.1, 0.15) is 17.2 Å². The van der Waals surface area contributed by atoms with Crippen molar-refractivity contribution in [3.63, 3.8) is 0 Å². The average Bonchev–Trinajstić information content (AvgIpc) is 3.55. The second-order valence-electron chi connectivity index (χ2n) is 13.7. The number of aromatic nitrogens is 4. The van der Waals surface area contributed by atoms with E-state index in [9.17, 15) is 27.2 Å². The summed E-state index contributed by atoms with van der Waals surface area (Å²) in [5, 5.41) is 6.50. The number of piperidine rings is 1. The van der Waals surface area contributed by atoms with Gasteiger partial charge in [-0.05, 0) is 75.4 Å². The van der Waals surface area contributed by atoms with Crippen LogP contribution in [0.25, 0.3) is 0 Å². The minimum absolute atomic E-state index is 0.0832. The van der Waals surface area contributed by atoms with Gasteiger partial charge in [-0.2, -0.15) is 13.8 Å². The molecule has 3 fully saturated rings. The van der Waals surface area contributed by atoms with E-state index >= 15 is 0 Å². The molecule has 2 amide bonds. The molecule has 6 rings (SSSR count). The topological polar surface area (TPSA) is 130 Å². The van der Waals surface area contributed by atoms with E-state index in [2.05, 4.69) is 25.4 Å². The highest BCUT2D eigenvalue weighted by atomic mass is 19.3. The summed E-state index contributed by atoms with van der Waals surface area (Å²) in [6.07, 6.45) is 5.15. The fraction of sp³-hybridized carbons (Fsp3) is 0.562. The lowest BCUT2D eigenvalue weighted by atomic mass is 9.94. The number of ether oxygens (including phenoxy) is 1. The summed E-state index contributed by atoms with van der Waals surface area (Å²) in [7, 11) is 0. The van der Waals surface area contributed by atoms with Crippen LogP contribution in [-0.2, 0) is 10.7 Å². The Morgan fingerprint density at radius 1 is 0.958 bits per heavy atom.